The van der Waals surface area contributed by atoms with Gasteiger partial charge in [-0.2, -0.15) is 5.10 Å². The zero-order chi connectivity index (χ0) is 14.2. The van der Waals surface area contributed by atoms with Crippen LogP contribution in [0.1, 0.15) is 22.3 Å². The third-order valence-electron chi connectivity index (χ3n) is 2.90. The van der Waals surface area contributed by atoms with Crippen LogP contribution in [-0.4, -0.2) is 35.9 Å². The molecule has 0 unspecified atom stereocenters. The number of ether oxygens (including phenoxy) is 1. The molecule has 1 amide bonds. The van der Waals surface area contributed by atoms with Gasteiger partial charge in [-0.3, -0.25) is 9.48 Å². The van der Waals surface area contributed by atoms with Gasteiger partial charge in [-0.25, -0.2) is 0 Å². The summed E-state index contributed by atoms with van der Waals surface area (Å²) in [7, 11) is 1.65. The molecule has 2 rings (SSSR count). The van der Waals surface area contributed by atoms with Crippen LogP contribution in [-0.2, 0) is 11.3 Å². The van der Waals surface area contributed by atoms with Crippen LogP contribution in [0.25, 0.3) is 0 Å². The van der Waals surface area contributed by atoms with E-state index in [0.29, 0.717) is 25.3 Å². The molecule has 0 aliphatic rings. The molecule has 106 valence electrons. The lowest BCUT2D eigenvalue weighted by Gasteiger charge is -2.07. The monoisotopic (exact) mass is 273 g/mol. The van der Waals surface area contributed by atoms with Crippen LogP contribution in [0.2, 0.25) is 0 Å². The van der Waals surface area contributed by atoms with Crippen molar-refractivity contribution in [3.8, 4) is 0 Å². The third kappa shape index (κ3) is 4.20. The highest BCUT2D eigenvalue weighted by Gasteiger charge is 2.05. The van der Waals surface area contributed by atoms with Gasteiger partial charge >= 0.3 is 0 Å². The molecule has 0 bridgehead atoms. The number of benzene rings is 1. The summed E-state index contributed by atoms with van der Waals surface area (Å²) in [5.41, 5.74) is 1.73. The first-order valence-corrected chi connectivity index (χ1v) is 6.63. The van der Waals surface area contributed by atoms with Gasteiger partial charge in [0.15, 0.2) is 0 Å². The Morgan fingerprint density at radius 1 is 1.40 bits per heavy atom. The Morgan fingerprint density at radius 2 is 2.30 bits per heavy atom. The Kier molecular flexibility index (Phi) is 5.32. The number of hydrogen-bond donors (Lipinski definition) is 1. The van der Waals surface area contributed by atoms with E-state index in [4.69, 9.17) is 4.74 Å². The molecule has 1 N–H and O–H groups in total. The lowest BCUT2D eigenvalue weighted by molar-refractivity contribution is 0.0948. The zero-order valence-electron chi connectivity index (χ0n) is 11.6. The van der Waals surface area contributed by atoms with Crippen molar-refractivity contribution in [1.82, 2.24) is 15.1 Å². The third-order valence-corrected chi connectivity index (χ3v) is 2.90. The van der Waals surface area contributed by atoms with Crippen molar-refractivity contribution in [2.24, 2.45) is 0 Å². The maximum absolute atomic E-state index is 12.0. The number of rotatable bonds is 7. The summed E-state index contributed by atoms with van der Waals surface area (Å²) < 4.78 is 6.78. The van der Waals surface area contributed by atoms with E-state index in [1.807, 2.05) is 41.2 Å². The Bertz CT molecular complexity index is 538. The summed E-state index contributed by atoms with van der Waals surface area (Å²) in [6.45, 7) is 1.94. The SMILES string of the molecule is COCCCNC(=O)c1cccc(Cn2cccn2)c1. The predicted octanol–water partition coefficient (Wildman–Crippen LogP) is 1.70. The van der Waals surface area contributed by atoms with Gasteiger partial charge in [0.1, 0.15) is 0 Å². The van der Waals surface area contributed by atoms with Gasteiger partial charge in [0, 0.05) is 38.2 Å². The second-order valence-corrected chi connectivity index (χ2v) is 4.51. The van der Waals surface area contributed by atoms with Crippen molar-refractivity contribution in [3.63, 3.8) is 0 Å². The van der Waals surface area contributed by atoms with Crippen LogP contribution in [0.5, 0.6) is 0 Å². The van der Waals surface area contributed by atoms with Crippen molar-refractivity contribution in [2.45, 2.75) is 13.0 Å². The number of amides is 1. The first kappa shape index (κ1) is 14.3. The second-order valence-electron chi connectivity index (χ2n) is 4.51. The number of carbonyl (C=O) groups excluding carboxylic acids is 1. The number of carbonyl (C=O) groups is 1. The fraction of sp³-hybridized carbons (Fsp3) is 0.333. The van der Waals surface area contributed by atoms with Crippen molar-refractivity contribution < 1.29 is 9.53 Å². The molecule has 20 heavy (non-hydrogen) atoms. The minimum atomic E-state index is -0.0524. The number of aromatic nitrogens is 2. The fourth-order valence-electron chi connectivity index (χ4n) is 1.91. The van der Waals surface area contributed by atoms with Gasteiger partial charge in [0.05, 0.1) is 6.54 Å². The van der Waals surface area contributed by atoms with Gasteiger partial charge < -0.3 is 10.1 Å². The molecule has 0 aliphatic carbocycles. The molecule has 0 spiro atoms. The Hall–Kier alpha value is -2.14. The summed E-state index contributed by atoms with van der Waals surface area (Å²) in [6.07, 6.45) is 4.46. The van der Waals surface area contributed by atoms with Crippen LogP contribution in [0.15, 0.2) is 42.7 Å². The maximum Gasteiger partial charge on any atom is 0.251 e. The van der Waals surface area contributed by atoms with E-state index >= 15 is 0 Å². The van der Waals surface area contributed by atoms with Crippen LogP contribution in [0.3, 0.4) is 0 Å². The molecule has 0 saturated carbocycles. The molecule has 0 aliphatic heterocycles. The van der Waals surface area contributed by atoms with Crippen molar-refractivity contribution in [2.75, 3.05) is 20.3 Å². The van der Waals surface area contributed by atoms with E-state index in [-0.39, 0.29) is 5.91 Å². The second kappa shape index (κ2) is 7.45. The van der Waals surface area contributed by atoms with Gasteiger partial charge in [0.25, 0.3) is 5.91 Å². The highest BCUT2D eigenvalue weighted by atomic mass is 16.5. The van der Waals surface area contributed by atoms with Gasteiger partial charge in [-0.15, -0.1) is 0 Å². The van der Waals surface area contributed by atoms with Crippen molar-refractivity contribution in [1.29, 1.82) is 0 Å². The number of nitrogens with one attached hydrogen (secondary N) is 1. The molecule has 0 radical (unpaired) electrons. The number of nitrogens with zero attached hydrogens (tertiary/aromatic N) is 2. The number of methoxy groups -OCH3 is 1. The molecule has 1 aromatic heterocycles. The average molecular weight is 273 g/mol. The standard InChI is InChI=1S/C15H19N3O2/c1-20-10-4-7-16-15(19)14-6-2-5-13(11-14)12-18-9-3-8-17-18/h2-3,5-6,8-9,11H,4,7,10,12H2,1H3,(H,16,19). The Balaban J connectivity index is 1.93. The van der Waals surface area contributed by atoms with E-state index in [1.54, 1.807) is 13.3 Å². The minimum absolute atomic E-state index is 0.0524. The summed E-state index contributed by atoms with van der Waals surface area (Å²) >= 11 is 0. The fourth-order valence-corrected chi connectivity index (χ4v) is 1.91. The highest BCUT2D eigenvalue weighted by Crippen LogP contribution is 2.07. The van der Waals surface area contributed by atoms with E-state index in [2.05, 4.69) is 10.4 Å². The van der Waals surface area contributed by atoms with E-state index in [9.17, 15) is 4.79 Å². The molecule has 0 saturated heterocycles. The molecule has 2 aromatic rings. The smallest absolute Gasteiger partial charge is 0.251 e. The average Bonchev–Trinajstić information content (AvgIpc) is 2.96. The first-order valence-electron chi connectivity index (χ1n) is 6.63. The van der Waals surface area contributed by atoms with Crippen molar-refractivity contribution >= 4 is 5.91 Å². The molecular weight excluding hydrogens is 254 g/mol. The molecule has 5 heteroatoms. The lowest BCUT2D eigenvalue weighted by atomic mass is 10.1. The zero-order valence-corrected chi connectivity index (χ0v) is 11.6. The lowest BCUT2D eigenvalue weighted by Crippen LogP contribution is -2.25. The quantitative estimate of drug-likeness (QED) is 0.781. The molecule has 1 heterocycles. The van der Waals surface area contributed by atoms with E-state index < -0.39 is 0 Å². The van der Waals surface area contributed by atoms with Crippen LogP contribution in [0.4, 0.5) is 0 Å². The topological polar surface area (TPSA) is 56.1 Å². The van der Waals surface area contributed by atoms with Gasteiger partial charge in [-0.1, -0.05) is 12.1 Å². The molecule has 5 nitrogen and oxygen atoms in total. The Morgan fingerprint density at radius 3 is 3.05 bits per heavy atom. The minimum Gasteiger partial charge on any atom is -0.385 e. The summed E-state index contributed by atoms with van der Waals surface area (Å²) in [5.74, 6) is -0.0524. The molecule has 1 aromatic carbocycles. The van der Waals surface area contributed by atoms with E-state index in [0.717, 1.165) is 12.0 Å². The van der Waals surface area contributed by atoms with Crippen LogP contribution in [0, 0.1) is 0 Å². The molecule has 0 fully saturated rings. The van der Waals surface area contributed by atoms with Gasteiger partial charge in [0.2, 0.25) is 0 Å². The van der Waals surface area contributed by atoms with Crippen LogP contribution >= 0.6 is 0 Å². The number of hydrogen-bond acceptors (Lipinski definition) is 3. The normalized spacial score (nSPS) is 10.4. The highest BCUT2D eigenvalue weighted by molar-refractivity contribution is 5.94. The van der Waals surface area contributed by atoms with Gasteiger partial charge in [-0.05, 0) is 30.2 Å². The van der Waals surface area contributed by atoms with Crippen molar-refractivity contribution in [3.05, 3.63) is 53.9 Å². The molecule has 0 atom stereocenters. The predicted molar refractivity (Wildman–Crippen MR) is 76.6 cm³/mol. The summed E-state index contributed by atoms with van der Waals surface area (Å²) in [6, 6.07) is 9.48. The first-order chi connectivity index (χ1) is 9.79. The largest absolute Gasteiger partial charge is 0.385 e. The summed E-state index contributed by atoms with van der Waals surface area (Å²) in [4.78, 5) is 12.0. The summed E-state index contributed by atoms with van der Waals surface area (Å²) in [5, 5.41) is 7.04. The Labute approximate surface area is 118 Å². The maximum atomic E-state index is 12.0. The van der Waals surface area contributed by atoms with Crippen LogP contribution < -0.4 is 5.32 Å². The molecular formula is C15H19N3O2. The van der Waals surface area contributed by atoms with E-state index in [1.165, 1.54) is 0 Å².